The van der Waals surface area contributed by atoms with Crippen molar-refractivity contribution in [3.05, 3.63) is 45.9 Å². The number of nitrogens with zero attached hydrogens (tertiary/aromatic N) is 2. The molecule has 21 heavy (non-hydrogen) atoms. The molecule has 1 aliphatic carbocycles. The van der Waals surface area contributed by atoms with Gasteiger partial charge in [-0.15, -0.1) is 5.10 Å². The van der Waals surface area contributed by atoms with Crippen LogP contribution in [-0.2, 0) is 6.42 Å². The maximum atomic E-state index is 11.8. The second-order valence-electron chi connectivity index (χ2n) is 5.60. The summed E-state index contributed by atoms with van der Waals surface area (Å²) in [6.45, 7) is 4.00. The topological polar surface area (TPSA) is 62.7 Å². The summed E-state index contributed by atoms with van der Waals surface area (Å²) in [5.74, 6) is 0. The lowest BCUT2D eigenvalue weighted by molar-refractivity contribution is 0.530. The number of H-pyrrole nitrogens is 1. The first-order chi connectivity index (χ1) is 10.1. The summed E-state index contributed by atoms with van der Waals surface area (Å²) < 4.78 is 1.72. The fourth-order valence-corrected chi connectivity index (χ4v) is 4.43. The van der Waals surface area contributed by atoms with Gasteiger partial charge in [-0.3, -0.25) is 4.57 Å². The highest BCUT2D eigenvalue weighted by Gasteiger charge is 2.33. The van der Waals surface area contributed by atoms with Crippen molar-refractivity contribution in [3.63, 3.8) is 0 Å². The van der Waals surface area contributed by atoms with E-state index in [0.717, 1.165) is 11.6 Å². The Kier molecular flexibility index (Phi) is 3.91. The molecule has 2 unspecified atom stereocenters. The van der Waals surface area contributed by atoms with Crippen LogP contribution in [0.25, 0.3) is 0 Å². The van der Waals surface area contributed by atoms with Crippen LogP contribution in [0.2, 0.25) is 0 Å². The van der Waals surface area contributed by atoms with E-state index in [1.54, 1.807) is 16.3 Å². The normalized spacial score (nSPS) is 21.0. The van der Waals surface area contributed by atoms with E-state index in [2.05, 4.69) is 39.8 Å². The van der Waals surface area contributed by atoms with E-state index in [4.69, 9.17) is 0 Å². The van der Waals surface area contributed by atoms with Crippen molar-refractivity contribution in [2.75, 3.05) is 7.05 Å². The quantitative estimate of drug-likeness (QED) is 0.908. The number of hydrogen-bond donors (Lipinski definition) is 2. The molecule has 0 fully saturated rings. The summed E-state index contributed by atoms with van der Waals surface area (Å²) in [5, 5.41) is 11.3. The van der Waals surface area contributed by atoms with Crippen molar-refractivity contribution in [1.82, 2.24) is 20.1 Å². The maximum Gasteiger partial charge on any atom is 0.344 e. The number of aromatic amines is 1. The van der Waals surface area contributed by atoms with Crippen LogP contribution < -0.4 is 11.0 Å². The molecule has 1 aliphatic rings. The molecule has 3 rings (SSSR count). The van der Waals surface area contributed by atoms with Crippen LogP contribution in [0.1, 0.15) is 37.1 Å². The van der Waals surface area contributed by atoms with E-state index in [-0.39, 0.29) is 11.7 Å². The van der Waals surface area contributed by atoms with Crippen molar-refractivity contribution < 1.29 is 0 Å². The lowest BCUT2D eigenvalue weighted by Crippen LogP contribution is -2.25. The molecule has 0 spiro atoms. The Hall–Kier alpha value is -1.53. The van der Waals surface area contributed by atoms with Gasteiger partial charge >= 0.3 is 5.69 Å². The zero-order valence-corrected chi connectivity index (χ0v) is 13.3. The zero-order chi connectivity index (χ0) is 15.0. The van der Waals surface area contributed by atoms with Crippen molar-refractivity contribution >= 4 is 11.8 Å². The van der Waals surface area contributed by atoms with Gasteiger partial charge in [0, 0.05) is 17.3 Å². The Bertz CT molecular complexity index is 691. The van der Waals surface area contributed by atoms with Crippen LogP contribution in [-0.4, -0.2) is 27.1 Å². The van der Waals surface area contributed by atoms with Gasteiger partial charge < -0.3 is 5.32 Å². The molecular weight excluding hydrogens is 284 g/mol. The molecule has 0 saturated carbocycles. The predicted octanol–water partition coefficient (Wildman–Crippen LogP) is 2.13. The van der Waals surface area contributed by atoms with Gasteiger partial charge in [-0.05, 0) is 38.4 Å². The number of nitrogens with one attached hydrogen (secondary N) is 2. The third kappa shape index (κ3) is 2.53. The van der Waals surface area contributed by atoms with Gasteiger partial charge in [-0.2, -0.15) is 0 Å². The number of thioether (sulfide) groups is 1. The molecule has 1 aromatic heterocycles. The Morgan fingerprint density at radius 2 is 2.19 bits per heavy atom. The van der Waals surface area contributed by atoms with Gasteiger partial charge in [-0.1, -0.05) is 36.0 Å². The predicted molar refractivity (Wildman–Crippen MR) is 84.8 cm³/mol. The lowest BCUT2D eigenvalue weighted by atomic mass is 10.1. The van der Waals surface area contributed by atoms with E-state index < -0.39 is 0 Å². The number of hydrogen-bond acceptors (Lipinski definition) is 4. The van der Waals surface area contributed by atoms with E-state index >= 15 is 0 Å². The lowest BCUT2D eigenvalue weighted by Gasteiger charge is -2.19. The molecule has 0 amide bonds. The van der Waals surface area contributed by atoms with Crippen LogP contribution >= 0.6 is 11.8 Å². The first-order valence-corrected chi connectivity index (χ1v) is 8.08. The minimum Gasteiger partial charge on any atom is -0.312 e. The Labute approximate surface area is 128 Å². The van der Waals surface area contributed by atoms with Gasteiger partial charge in [0.1, 0.15) is 0 Å². The van der Waals surface area contributed by atoms with Gasteiger partial charge in [0.05, 0.1) is 0 Å². The van der Waals surface area contributed by atoms with Crippen LogP contribution in [0, 0.1) is 0 Å². The molecule has 1 heterocycles. The van der Waals surface area contributed by atoms with E-state index in [1.165, 1.54) is 11.1 Å². The average molecular weight is 304 g/mol. The third-order valence-electron chi connectivity index (χ3n) is 3.94. The number of fused-ring (bicyclic) bond motifs is 1. The molecule has 5 nitrogen and oxygen atoms in total. The van der Waals surface area contributed by atoms with Crippen LogP contribution in [0.4, 0.5) is 0 Å². The van der Waals surface area contributed by atoms with E-state index in [1.807, 2.05) is 20.9 Å². The second-order valence-corrected chi connectivity index (χ2v) is 6.81. The molecule has 0 bridgehead atoms. The van der Waals surface area contributed by atoms with E-state index in [9.17, 15) is 4.79 Å². The molecule has 0 radical (unpaired) electrons. The summed E-state index contributed by atoms with van der Waals surface area (Å²) in [7, 11) is 1.99. The van der Waals surface area contributed by atoms with Gasteiger partial charge in [-0.25, -0.2) is 9.89 Å². The standard InChI is InChI=1S/C15H20N4OS/c1-9(2)19-14(20)17-18-15(19)21-12-8-10-6-4-5-7-11(10)13(12)16-3/h4-7,9,12-13,16H,8H2,1-3H3,(H,17,20). The van der Waals surface area contributed by atoms with Gasteiger partial charge in [0.25, 0.3) is 0 Å². The molecule has 112 valence electrons. The summed E-state index contributed by atoms with van der Waals surface area (Å²) in [4.78, 5) is 11.8. The molecule has 0 saturated heterocycles. The highest BCUT2D eigenvalue weighted by atomic mass is 32.2. The second kappa shape index (κ2) is 5.69. The minimum absolute atomic E-state index is 0.107. The molecule has 2 aromatic rings. The largest absolute Gasteiger partial charge is 0.344 e. The summed E-state index contributed by atoms with van der Waals surface area (Å²) in [6, 6.07) is 8.91. The van der Waals surface area contributed by atoms with Crippen molar-refractivity contribution in [3.8, 4) is 0 Å². The third-order valence-corrected chi connectivity index (χ3v) is 5.18. The fraction of sp³-hybridized carbons (Fsp3) is 0.467. The highest BCUT2D eigenvalue weighted by molar-refractivity contribution is 7.99. The minimum atomic E-state index is -0.135. The first-order valence-electron chi connectivity index (χ1n) is 7.20. The van der Waals surface area contributed by atoms with Crippen LogP contribution in [0.5, 0.6) is 0 Å². The van der Waals surface area contributed by atoms with Crippen molar-refractivity contribution in [1.29, 1.82) is 0 Å². The molecule has 6 heteroatoms. The summed E-state index contributed by atoms with van der Waals surface area (Å²) in [6.07, 6.45) is 0.992. The van der Waals surface area contributed by atoms with Crippen molar-refractivity contribution in [2.24, 2.45) is 0 Å². The number of aromatic nitrogens is 3. The van der Waals surface area contributed by atoms with E-state index in [0.29, 0.717) is 11.3 Å². The fourth-order valence-electron chi connectivity index (χ4n) is 2.97. The number of rotatable bonds is 4. The average Bonchev–Trinajstić information content (AvgIpc) is 2.99. The van der Waals surface area contributed by atoms with Crippen LogP contribution in [0.3, 0.4) is 0 Å². The summed E-state index contributed by atoms with van der Waals surface area (Å²) in [5.41, 5.74) is 2.60. The first kappa shape index (κ1) is 14.4. The molecular formula is C15H20N4OS. The van der Waals surface area contributed by atoms with Crippen molar-refractivity contribution in [2.45, 2.75) is 42.8 Å². The number of benzene rings is 1. The Morgan fingerprint density at radius 3 is 2.90 bits per heavy atom. The smallest absolute Gasteiger partial charge is 0.312 e. The van der Waals surface area contributed by atoms with Crippen LogP contribution in [0.15, 0.2) is 34.2 Å². The molecule has 2 atom stereocenters. The molecule has 0 aliphatic heterocycles. The maximum absolute atomic E-state index is 11.8. The summed E-state index contributed by atoms with van der Waals surface area (Å²) >= 11 is 1.67. The molecule has 2 N–H and O–H groups in total. The highest BCUT2D eigenvalue weighted by Crippen LogP contribution is 2.40. The van der Waals surface area contributed by atoms with Gasteiger partial charge in [0.2, 0.25) is 0 Å². The Balaban J connectivity index is 1.89. The SMILES string of the molecule is CNC1c2ccccc2CC1Sc1n[nH]c(=O)n1C(C)C. The monoisotopic (exact) mass is 304 g/mol. The zero-order valence-electron chi connectivity index (χ0n) is 12.5. The Morgan fingerprint density at radius 1 is 1.43 bits per heavy atom. The van der Waals surface area contributed by atoms with Gasteiger partial charge in [0.15, 0.2) is 5.16 Å². The molecule has 1 aromatic carbocycles.